The van der Waals surface area contributed by atoms with Gasteiger partial charge in [-0.2, -0.15) is 0 Å². The fourth-order valence-electron chi connectivity index (χ4n) is 2.55. The number of benzene rings is 1. The van der Waals surface area contributed by atoms with Crippen LogP contribution in [0.3, 0.4) is 0 Å². The summed E-state index contributed by atoms with van der Waals surface area (Å²) in [5, 5.41) is 0.353. The molecule has 8 heteroatoms. The standard InChI is InChI=1S/C17H19ClN4O2S/c1-3-24-16(23)13-10(2)21-15(18)12(9-20-22-17(19)25)14(13)11-7-5-4-6-8-11/h4-9,14,20H,3H2,1-2H3,(H3,19,22,25)/b12-9-. The number of hydrogen-bond acceptors (Lipinski definition) is 5. The maximum Gasteiger partial charge on any atom is 0.336 e. The Kier molecular flexibility index (Phi) is 6.55. The van der Waals surface area contributed by atoms with Crippen molar-refractivity contribution in [2.45, 2.75) is 19.8 Å². The van der Waals surface area contributed by atoms with Crippen LogP contribution in [0.4, 0.5) is 0 Å². The quantitative estimate of drug-likeness (QED) is 0.414. The molecule has 1 aromatic rings. The lowest BCUT2D eigenvalue weighted by molar-refractivity contribution is -0.138. The Balaban J connectivity index is 2.53. The van der Waals surface area contributed by atoms with Crippen molar-refractivity contribution in [2.75, 3.05) is 6.61 Å². The van der Waals surface area contributed by atoms with Gasteiger partial charge in [0.15, 0.2) is 5.11 Å². The number of nitrogens with zero attached hydrogens (tertiary/aromatic N) is 1. The van der Waals surface area contributed by atoms with Crippen LogP contribution in [0.1, 0.15) is 25.3 Å². The third-order valence-corrected chi connectivity index (χ3v) is 3.95. The Morgan fingerprint density at radius 3 is 2.72 bits per heavy atom. The van der Waals surface area contributed by atoms with Gasteiger partial charge in [0.05, 0.1) is 17.9 Å². The summed E-state index contributed by atoms with van der Waals surface area (Å²) in [6, 6.07) is 9.53. The van der Waals surface area contributed by atoms with Crippen molar-refractivity contribution in [3.05, 3.63) is 58.9 Å². The summed E-state index contributed by atoms with van der Waals surface area (Å²) < 4.78 is 5.22. The second-order valence-electron chi connectivity index (χ2n) is 5.20. The Labute approximate surface area is 156 Å². The monoisotopic (exact) mass is 378 g/mol. The zero-order valence-corrected chi connectivity index (χ0v) is 15.4. The average molecular weight is 379 g/mol. The molecule has 1 unspecified atom stereocenters. The minimum absolute atomic E-state index is 0.0781. The number of carbonyl (C=O) groups is 1. The van der Waals surface area contributed by atoms with Gasteiger partial charge in [-0.05, 0) is 31.6 Å². The van der Waals surface area contributed by atoms with E-state index in [0.717, 1.165) is 5.56 Å². The minimum atomic E-state index is -0.425. The van der Waals surface area contributed by atoms with E-state index in [4.69, 9.17) is 34.3 Å². The number of carbonyl (C=O) groups excluding carboxylic acids is 1. The molecule has 0 saturated carbocycles. The fourth-order valence-corrected chi connectivity index (χ4v) is 2.90. The Bertz CT molecular complexity index is 759. The van der Waals surface area contributed by atoms with E-state index >= 15 is 0 Å². The first-order valence-electron chi connectivity index (χ1n) is 7.64. The van der Waals surface area contributed by atoms with Crippen LogP contribution >= 0.6 is 23.8 Å². The zero-order chi connectivity index (χ0) is 18.4. The van der Waals surface area contributed by atoms with Crippen LogP contribution in [-0.2, 0) is 9.53 Å². The summed E-state index contributed by atoms with van der Waals surface area (Å²) in [7, 11) is 0. The largest absolute Gasteiger partial charge is 0.463 e. The maximum absolute atomic E-state index is 12.5. The number of allylic oxidation sites excluding steroid dienone is 2. The van der Waals surface area contributed by atoms with E-state index < -0.39 is 11.9 Å². The van der Waals surface area contributed by atoms with Gasteiger partial charge in [-0.3, -0.25) is 5.43 Å². The maximum atomic E-state index is 12.5. The summed E-state index contributed by atoms with van der Waals surface area (Å²) in [5.41, 5.74) is 13.2. The molecule has 1 aromatic carbocycles. The number of hydrazine groups is 1. The van der Waals surface area contributed by atoms with Crippen LogP contribution in [0.25, 0.3) is 0 Å². The SMILES string of the molecule is CCOC(=O)C1=C(C)N=C(Cl)/C(=C\NNC(N)=S)C1c1ccccc1. The topological polar surface area (TPSA) is 88.7 Å². The molecule has 1 heterocycles. The van der Waals surface area contributed by atoms with Crippen LogP contribution < -0.4 is 16.6 Å². The van der Waals surface area contributed by atoms with Crippen molar-refractivity contribution in [3.63, 3.8) is 0 Å². The number of nitrogens with one attached hydrogen (secondary N) is 2. The van der Waals surface area contributed by atoms with Crippen molar-refractivity contribution in [1.29, 1.82) is 0 Å². The van der Waals surface area contributed by atoms with Crippen molar-refractivity contribution in [2.24, 2.45) is 10.7 Å². The Morgan fingerprint density at radius 1 is 1.44 bits per heavy atom. The molecule has 0 aliphatic carbocycles. The molecule has 4 N–H and O–H groups in total. The van der Waals surface area contributed by atoms with Crippen molar-refractivity contribution in [1.82, 2.24) is 10.9 Å². The summed E-state index contributed by atoms with van der Waals surface area (Å²) in [5.74, 6) is -0.846. The first kappa shape index (κ1) is 19.0. The van der Waals surface area contributed by atoms with Gasteiger partial charge in [-0.25, -0.2) is 9.79 Å². The lowest BCUT2D eigenvalue weighted by atomic mass is 9.82. The van der Waals surface area contributed by atoms with Crippen LogP contribution in [0.5, 0.6) is 0 Å². The van der Waals surface area contributed by atoms with Gasteiger partial charge in [-0.15, -0.1) is 0 Å². The third kappa shape index (κ3) is 4.58. The molecule has 0 radical (unpaired) electrons. The molecule has 0 spiro atoms. The number of thiocarbonyl (C=S) groups is 1. The highest BCUT2D eigenvalue weighted by molar-refractivity contribution is 7.80. The summed E-state index contributed by atoms with van der Waals surface area (Å²) in [6.45, 7) is 3.77. The highest BCUT2D eigenvalue weighted by Gasteiger charge is 2.34. The molecule has 2 rings (SSSR count). The summed E-state index contributed by atoms with van der Waals surface area (Å²) >= 11 is 11.1. The van der Waals surface area contributed by atoms with Crippen molar-refractivity contribution >= 4 is 40.1 Å². The number of nitrogens with two attached hydrogens (primary N) is 1. The molecular weight excluding hydrogens is 360 g/mol. The zero-order valence-electron chi connectivity index (χ0n) is 13.9. The van der Waals surface area contributed by atoms with Gasteiger partial charge in [-0.1, -0.05) is 41.9 Å². The fraction of sp³-hybridized carbons (Fsp3) is 0.235. The van der Waals surface area contributed by atoms with Gasteiger partial charge < -0.3 is 15.9 Å². The normalized spacial score (nSPS) is 18.6. The Morgan fingerprint density at radius 2 is 2.12 bits per heavy atom. The molecule has 0 amide bonds. The number of esters is 1. The van der Waals surface area contributed by atoms with E-state index in [2.05, 4.69) is 15.8 Å². The number of hydrogen-bond donors (Lipinski definition) is 3. The average Bonchev–Trinajstić information content (AvgIpc) is 2.57. The van der Waals surface area contributed by atoms with Gasteiger partial charge in [0, 0.05) is 17.7 Å². The Hall–Kier alpha value is -2.38. The number of ether oxygens (including phenoxy) is 1. The van der Waals surface area contributed by atoms with Crippen LogP contribution in [0, 0.1) is 0 Å². The molecular formula is C17H19ClN4O2S. The molecule has 0 saturated heterocycles. The smallest absolute Gasteiger partial charge is 0.336 e. The van der Waals surface area contributed by atoms with E-state index in [1.165, 1.54) is 0 Å². The van der Waals surface area contributed by atoms with E-state index in [-0.39, 0.29) is 16.9 Å². The molecule has 132 valence electrons. The molecule has 1 aliphatic rings. The van der Waals surface area contributed by atoms with E-state index in [0.29, 0.717) is 16.8 Å². The molecule has 0 fully saturated rings. The highest BCUT2D eigenvalue weighted by atomic mass is 35.5. The third-order valence-electron chi connectivity index (χ3n) is 3.54. The second kappa shape index (κ2) is 8.64. The number of halogens is 1. The van der Waals surface area contributed by atoms with E-state index in [1.807, 2.05) is 30.3 Å². The van der Waals surface area contributed by atoms with Crippen molar-refractivity contribution < 1.29 is 9.53 Å². The molecule has 25 heavy (non-hydrogen) atoms. The number of rotatable bonds is 5. The highest BCUT2D eigenvalue weighted by Crippen LogP contribution is 2.39. The lowest BCUT2D eigenvalue weighted by Crippen LogP contribution is -2.38. The minimum Gasteiger partial charge on any atom is -0.463 e. The van der Waals surface area contributed by atoms with Crippen molar-refractivity contribution in [3.8, 4) is 0 Å². The van der Waals surface area contributed by atoms with Gasteiger partial charge in [0.1, 0.15) is 5.17 Å². The molecule has 1 aliphatic heterocycles. The van der Waals surface area contributed by atoms with Crippen LogP contribution in [0.15, 0.2) is 58.4 Å². The van der Waals surface area contributed by atoms with Gasteiger partial charge in [0.2, 0.25) is 0 Å². The van der Waals surface area contributed by atoms with Crippen LogP contribution in [0.2, 0.25) is 0 Å². The van der Waals surface area contributed by atoms with Gasteiger partial charge >= 0.3 is 5.97 Å². The van der Waals surface area contributed by atoms with Gasteiger partial charge in [0.25, 0.3) is 0 Å². The first-order chi connectivity index (χ1) is 12.0. The molecule has 6 nitrogen and oxygen atoms in total. The van der Waals surface area contributed by atoms with E-state index in [9.17, 15) is 4.79 Å². The number of aliphatic imine (C=N–C) groups is 1. The van der Waals surface area contributed by atoms with E-state index in [1.54, 1.807) is 20.0 Å². The molecule has 0 bridgehead atoms. The predicted molar refractivity (Wildman–Crippen MR) is 103 cm³/mol. The lowest BCUT2D eigenvalue weighted by Gasteiger charge is -2.27. The second-order valence-corrected chi connectivity index (χ2v) is 6.00. The summed E-state index contributed by atoms with van der Waals surface area (Å²) in [4.78, 5) is 16.8. The molecule has 1 atom stereocenters. The molecule has 0 aromatic heterocycles. The predicted octanol–water partition coefficient (Wildman–Crippen LogP) is 2.48. The summed E-state index contributed by atoms with van der Waals surface area (Å²) in [6.07, 6.45) is 1.59. The van der Waals surface area contributed by atoms with Crippen LogP contribution in [-0.4, -0.2) is 22.9 Å². The first-order valence-corrected chi connectivity index (χ1v) is 8.42.